The molecule has 17 heavy (non-hydrogen) atoms. The van der Waals surface area contributed by atoms with Gasteiger partial charge in [-0.25, -0.2) is 0 Å². The summed E-state index contributed by atoms with van der Waals surface area (Å²) >= 11 is 0. The van der Waals surface area contributed by atoms with Gasteiger partial charge in [-0.2, -0.15) is 13.2 Å². The number of carbonyl (C=O) groups is 1. The number of H-pyrrole nitrogens is 1. The highest BCUT2D eigenvalue weighted by Gasteiger charge is 2.27. The molecule has 1 aromatic heterocycles. The van der Waals surface area contributed by atoms with Crippen molar-refractivity contribution < 1.29 is 22.7 Å². The van der Waals surface area contributed by atoms with Crippen LogP contribution in [0.4, 0.5) is 18.9 Å². The Hall–Kier alpha value is -1.70. The number of hydrogen-bond acceptors (Lipinski definition) is 3. The van der Waals surface area contributed by atoms with Gasteiger partial charge in [-0.05, 0) is 6.07 Å². The van der Waals surface area contributed by atoms with E-state index in [1.54, 1.807) is 0 Å². The Balaban J connectivity index is 2.17. The lowest BCUT2D eigenvalue weighted by atomic mass is 10.4. The average Bonchev–Trinajstić information content (AvgIpc) is 2.62. The number of nitrogens with two attached hydrogens (primary N) is 1. The van der Waals surface area contributed by atoms with Crippen molar-refractivity contribution >= 4 is 11.6 Å². The van der Waals surface area contributed by atoms with Gasteiger partial charge < -0.3 is 20.8 Å². The van der Waals surface area contributed by atoms with Crippen LogP contribution in [0.25, 0.3) is 0 Å². The number of ether oxygens (including phenoxy) is 1. The SMILES string of the molecule is Nc1c[nH]c(C(=O)NCCOCC(F)(F)F)c1. The minimum Gasteiger partial charge on any atom is -0.397 e. The normalized spacial score (nSPS) is 11.5. The highest BCUT2D eigenvalue weighted by atomic mass is 19.4. The minimum absolute atomic E-state index is 0.00611. The predicted molar refractivity (Wildman–Crippen MR) is 54.4 cm³/mol. The number of alkyl halides is 3. The van der Waals surface area contributed by atoms with Gasteiger partial charge in [0.25, 0.3) is 5.91 Å². The fourth-order valence-electron chi connectivity index (χ4n) is 1.06. The Morgan fingerprint density at radius 1 is 1.53 bits per heavy atom. The Bertz CT molecular complexity index is 376. The molecule has 1 heterocycles. The molecule has 0 bridgehead atoms. The van der Waals surface area contributed by atoms with E-state index in [2.05, 4.69) is 15.0 Å². The van der Waals surface area contributed by atoms with Crippen LogP contribution in [0.15, 0.2) is 12.3 Å². The number of carbonyl (C=O) groups excluding carboxylic acids is 1. The molecule has 0 fully saturated rings. The second-order valence-corrected chi connectivity index (χ2v) is 3.27. The lowest BCUT2D eigenvalue weighted by molar-refractivity contribution is -0.173. The molecule has 0 unspecified atom stereocenters. The van der Waals surface area contributed by atoms with Gasteiger partial charge in [-0.3, -0.25) is 4.79 Å². The lowest BCUT2D eigenvalue weighted by Gasteiger charge is -2.07. The van der Waals surface area contributed by atoms with Gasteiger partial charge in [0.05, 0.1) is 6.61 Å². The highest BCUT2D eigenvalue weighted by Crippen LogP contribution is 2.13. The van der Waals surface area contributed by atoms with Crippen LogP contribution in [0.1, 0.15) is 10.5 Å². The molecular formula is C9H12F3N3O2. The standard InChI is InChI=1S/C9H12F3N3O2/c10-9(11,12)5-17-2-1-14-8(16)7-3-6(13)4-15-7/h3-4,15H,1-2,5,13H2,(H,14,16). The topological polar surface area (TPSA) is 80.1 Å². The molecule has 1 rings (SSSR count). The van der Waals surface area contributed by atoms with Crippen molar-refractivity contribution in [3.05, 3.63) is 18.0 Å². The number of nitrogens with one attached hydrogen (secondary N) is 2. The molecule has 0 saturated heterocycles. The van der Waals surface area contributed by atoms with Crippen molar-refractivity contribution in [2.24, 2.45) is 0 Å². The molecule has 4 N–H and O–H groups in total. The van der Waals surface area contributed by atoms with E-state index >= 15 is 0 Å². The number of aromatic nitrogens is 1. The third kappa shape index (κ3) is 5.25. The van der Waals surface area contributed by atoms with Crippen LogP contribution >= 0.6 is 0 Å². The Labute approximate surface area is 95.1 Å². The quantitative estimate of drug-likeness (QED) is 0.680. The van der Waals surface area contributed by atoms with E-state index in [0.717, 1.165) is 0 Å². The van der Waals surface area contributed by atoms with Gasteiger partial charge in [-0.1, -0.05) is 0 Å². The monoisotopic (exact) mass is 251 g/mol. The van der Waals surface area contributed by atoms with Crippen molar-refractivity contribution in [1.29, 1.82) is 0 Å². The smallest absolute Gasteiger partial charge is 0.397 e. The summed E-state index contributed by atoms with van der Waals surface area (Å²) in [5.74, 6) is -0.447. The van der Waals surface area contributed by atoms with Crippen molar-refractivity contribution in [3.8, 4) is 0 Å². The first-order valence-electron chi connectivity index (χ1n) is 4.75. The van der Waals surface area contributed by atoms with Gasteiger partial charge >= 0.3 is 6.18 Å². The number of anilines is 1. The van der Waals surface area contributed by atoms with E-state index in [-0.39, 0.29) is 18.8 Å². The summed E-state index contributed by atoms with van der Waals surface area (Å²) in [6, 6.07) is 1.42. The molecule has 0 spiro atoms. The summed E-state index contributed by atoms with van der Waals surface area (Å²) in [6.45, 7) is -1.53. The summed E-state index contributed by atoms with van der Waals surface area (Å²) in [4.78, 5) is 14.0. The molecule has 0 aliphatic heterocycles. The van der Waals surface area contributed by atoms with Crippen LogP contribution in [-0.2, 0) is 4.74 Å². The van der Waals surface area contributed by atoms with E-state index in [1.807, 2.05) is 0 Å². The van der Waals surface area contributed by atoms with Crippen LogP contribution < -0.4 is 11.1 Å². The van der Waals surface area contributed by atoms with Gasteiger partial charge in [0.2, 0.25) is 0 Å². The van der Waals surface area contributed by atoms with E-state index in [9.17, 15) is 18.0 Å². The van der Waals surface area contributed by atoms with Gasteiger partial charge in [0.1, 0.15) is 12.3 Å². The van der Waals surface area contributed by atoms with Gasteiger partial charge in [0, 0.05) is 18.4 Å². The summed E-state index contributed by atoms with van der Waals surface area (Å²) in [6.07, 6.45) is -2.91. The second kappa shape index (κ2) is 5.58. The molecule has 8 heteroatoms. The van der Waals surface area contributed by atoms with E-state index < -0.39 is 18.7 Å². The maximum atomic E-state index is 11.7. The van der Waals surface area contributed by atoms with Crippen LogP contribution in [0, 0.1) is 0 Å². The third-order valence-electron chi connectivity index (χ3n) is 1.75. The molecule has 0 radical (unpaired) electrons. The number of rotatable bonds is 5. The number of halogens is 3. The predicted octanol–water partition coefficient (Wildman–Crippen LogP) is 0.906. The van der Waals surface area contributed by atoms with E-state index in [0.29, 0.717) is 5.69 Å². The first-order valence-corrected chi connectivity index (χ1v) is 4.75. The number of hydrogen-bond donors (Lipinski definition) is 3. The van der Waals surface area contributed by atoms with Crippen LogP contribution in [0.2, 0.25) is 0 Å². The lowest BCUT2D eigenvalue weighted by Crippen LogP contribution is -2.29. The summed E-state index contributed by atoms with van der Waals surface area (Å²) < 4.78 is 39.3. The maximum absolute atomic E-state index is 11.7. The first kappa shape index (κ1) is 13.4. The summed E-state index contributed by atoms with van der Waals surface area (Å²) in [5.41, 5.74) is 6.03. The van der Waals surface area contributed by atoms with Gasteiger partial charge in [0.15, 0.2) is 0 Å². The largest absolute Gasteiger partial charge is 0.411 e. The van der Waals surface area contributed by atoms with Crippen LogP contribution in [-0.4, -0.2) is 36.8 Å². The van der Waals surface area contributed by atoms with Gasteiger partial charge in [-0.15, -0.1) is 0 Å². The fourth-order valence-corrected chi connectivity index (χ4v) is 1.06. The molecule has 0 saturated carbocycles. The van der Waals surface area contributed by atoms with Crippen molar-refractivity contribution in [2.75, 3.05) is 25.5 Å². The summed E-state index contributed by atoms with van der Waals surface area (Å²) in [7, 11) is 0. The zero-order chi connectivity index (χ0) is 12.9. The highest BCUT2D eigenvalue weighted by molar-refractivity contribution is 5.93. The Morgan fingerprint density at radius 2 is 2.24 bits per heavy atom. The molecule has 0 aliphatic carbocycles. The Kier molecular flexibility index (Phi) is 4.38. The molecule has 0 aliphatic rings. The molecule has 0 aromatic carbocycles. The molecule has 96 valence electrons. The zero-order valence-electron chi connectivity index (χ0n) is 8.80. The van der Waals surface area contributed by atoms with E-state index in [4.69, 9.17) is 5.73 Å². The maximum Gasteiger partial charge on any atom is 0.411 e. The molecule has 0 atom stereocenters. The summed E-state index contributed by atoms with van der Waals surface area (Å²) in [5, 5.41) is 2.38. The molecular weight excluding hydrogens is 239 g/mol. The Morgan fingerprint density at radius 3 is 2.76 bits per heavy atom. The molecule has 5 nitrogen and oxygen atoms in total. The molecule has 1 amide bonds. The average molecular weight is 251 g/mol. The zero-order valence-corrected chi connectivity index (χ0v) is 8.80. The third-order valence-corrected chi connectivity index (χ3v) is 1.75. The van der Waals surface area contributed by atoms with Crippen molar-refractivity contribution in [3.63, 3.8) is 0 Å². The van der Waals surface area contributed by atoms with Crippen molar-refractivity contribution in [1.82, 2.24) is 10.3 Å². The van der Waals surface area contributed by atoms with Crippen molar-refractivity contribution in [2.45, 2.75) is 6.18 Å². The number of amides is 1. The second-order valence-electron chi connectivity index (χ2n) is 3.27. The van der Waals surface area contributed by atoms with Crippen LogP contribution in [0.5, 0.6) is 0 Å². The van der Waals surface area contributed by atoms with E-state index in [1.165, 1.54) is 12.3 Å². The fraction of sp³-hybridized carbons (Fsp3) is 0.444. The first-order chi connectivity index (χ1) is 7.88. The van der Waals surface area contributed by atoms with Crippen LogP contribution in [0.3, 0.4) is 0 Å². The number of aromatic amines is 1. The number of nitrogen functional groups attached to an aromatic ring is 1. The molecule has 1 aromatic rings. The minimum atomic E-state index is -4.35.